The van der Waals surface area contributed by atoms with Gasteiger partial charge in [0.1, 0.15) is 6.04 Å². The fraction of sp³-hybridized carbons (Fsp3) is 0.467. The lowest BCUT2D eigenvalue weighted by molar-refractivity contribution is -0.128. The number of carbonyl (C=O) groups excluding carboxylic acids is 2. The smallest absolute Gasteiger partial charge is 0.242 e. The first-order chi connectivity index (χ1) is 9.25. The van der Waals surface area contributed by atoms with Crippen LogP contribution in [0.3, 0.4) is 0 Å². The minimum atomic E-state index is -0.356. The maximum absolute atomic E-state index is 11.9. The van der Waals surface area contributed by atoms with E-state index in [1.807, 2.05) is 30.3 Å². The third-order valence-electron chi connectivity index (χ3n) is 3.35. The van der Waals surface area contributed by atoms with Crippen molar-refractivity contribution >= 4 is 11.8 Å². The predicted octanol–water partition coefficient (Wildman–Crippen LogP) is 1.40. The Morgan fingerprint density at radius 1 is 1.26 bits per heavy atom. The second kappa shape index (κ2) is 6.92. The molecule has 0 aliphatic carbocycles. The molecule has 19 heavy (non-hydrogen) atoms. The molecule has 1 aromatic carbocycles. The van der Waals surface area contributed by atoms with Gasteiger partial charge in [-0.15, -0.1) is 0 Å². The lowest BCUT2D eigenvalue weighted by atomic mass is 10.1. The van der Waals surface area contributed by atoms with Crippen molar-refractivity contribution in [1.82, 2.24) is 10.6 Å². The van der Waals surface area contributed by atoms with Gasteiger partial charge < -0.3 is 10.6 Å². The molecule has 0 aromatic heterocycles. The van der Waals surface area contributed by atoms with Crippen LogP contribution in [0.1, 0.15) is 31.2 Å². The molecule has 1 aliphatic rings. The molecule has 2 rings (SSSR count). The molecule has 1 fully saturated rings. The number of carbonyl (C=O) groups is 2. The highest BCUT2D eigenvalue weighted by Crippen LogP contribution is 2.07. The summed E-state index contributed by atoms with van der Waals surface area (Å²) in [5.74, 6) is -0.100. The van der Waals surface area contributed by atoms with E-state index in [4.69, 9.17) is 0 Å². The van der Waals surface area contributed by atoms with Crippen molar-refractivity contribution in [2.75, 3.05) is 6.54 Å². The van der Waals surface area contributed by atoms with Crippen LogP contribution in [-0.2, 0) is 16.0 Å². The minimum absolute atomic E-state index is 0.0501. The third kappa shape index (κ3) is 4.39. The topological polar surface area (TPSA) is 58.2 Å². The SMILES string of the molecule is O=C(CCc1ccccc1)NC1CCCCNC1=O. The molecule has 1 aromatic rings. The number of amides is 2. The molecule has 102 valence electrons. The van der Waals surface area contributed by atoms with E-state index in [-0.39, 0.29) is 17.9 Å². The normalized spacial score (nSPS) is 19.4. The van der Waals surface area contributed by atoms with Crippen LogP contribution >= 0.6 is 0 Å². The first-order valence-corrected chi connectivity index (χ1v) is 6.87. The molecule has 0 bridgehead atoms. The van der Waals surface area contributed by atoms with Gasteiger partial charge in [0.25, 0.3) is 0 Å². The number of hydrogen-bond acceptors (Lipinski definition) is 2. The average molecular weight is 260 g/mol. The van der Waals surface area contributed by atoms with Gasteiger partial charge in [0.2, 0.25) is 11.8 Å². The molecule has 1 saturated heterocycles. The Labute approximate surface area is 113 Å². The fourth-order valence-corrected chi connectivity index (χ4v) is 2.25. The quantitative estimate of drug-likeness (QED) is 0.860. The van der Waals surface area contributed by atoms with Crippen molar-refractivity contribution in [3.63, 3.8) is 0 Å². The van der Waals surface area contributed by atoms with Crippen LogP contribution in [0.25, 0.3) is 0 Å². The number of nitrogens with one attached hydrogen (secondary N) is 2. The maximum Gasteiger partial charge on any atom is 0.242 e. The number of aryl methyl sites for hydroxylation is 1. The van der Waals surface area contributed by atoms with Crippen molar-refractivity contribution in [3.05, 3.63) is 35.9 Å². The van der Waals surface area contributed by atoms with Gasteiger partial charge in [-0.05, 0) is 31.2 Å². The van der Waals surface area contributed by atoms with Crippen LogP contribution in [0.15, 0.2) is 30.3 Å². The van der Waals surface area contributed by atoms with Gasteiger partial charge in [-0.25, -0.2) is 0 Å². The van der Waals surface area contributed by atoms with Gasteiger partial charge in [-0.1, -0.05) is 30.3 Å². The Bertz CT molecular complexity index is 431. The van der Waals surface area contributed by atoms with Crippen LogP contribution < -0.4 is 10.6 Å². The second-order valence-electron chi connectivity index (χ2n) is 4.89. The van der Waals surface area contributed by atoms with Crippen LogP contribution in [0.2, 0.25) is 0 Å². The molecule has 1 heterocycles. The number of rotatable bonds is 4. The Hall–Kier alpha value is -1.84. The zero-order chi connectivity index (χ0) is 13.5. The molecule has 1 aliphatic heterocycles. The molecular weight excluding hydrogens is 240 g/mol. The van der Waals surface area contributed by atoms with E-state index < -0.39 is 0 Å². The number of benzene rings is 1. The zero-order valence-electron chi connectivity index (χ0n) is 11.0. The molecule has 0 saturated carbocycles. The van der Waals surface area contributed by atoms with Crippen molar-refractivity contribution < 1.29 is 9.59 Å². The Balaban J connectivity index is 1.79. The molecule has 1 atom stereocenters. The van der Waals surface area contributed by atoms with Crippen molar-refractivity contribution in [2.45, 2.75) is 38.1 Å². The summed E-state index contributed by atoms with van der Waals surface area (Å²) in [4.78, 5) is 23.5. The van der Waals surface area contributed by atoms with Crippen molar-refractivity contribution in [1.29, 1.82) is 0 Å². The Morgan fingerprint density at radius 3 is 2.84 bits per heavy atom. The third-order valence-corrected chi connectivity index (χ3v) is 3.35. The molecule has 4 heteroatoms. The largest absolute Gasteiger partial charge is 0.354 e. The average Bonchev–Trinajstić information content (AvgIpc) is 2.63. The predicted molar refractivity (Wildman–Crippen MR) is 73.6 cm³/mol. The summed E-state index contributed by atoms with van der Waals surface area (Å²) in [6.45, 7) is 0.717. The molecule has 0 radical (unpaired) electrons. The van der Waals surface area contributed by atoms with Crippen LogP contribution in [0.5, 0.6) is 0 Å². The van der Waals surface area contributed by atoms with E-state index in [1.54, 1.807) is 0 Å². The summed E-state index contributed by atoms with van der Waals surface area (Å²) in [6.07, 6.45) is 3.84. The van der Waals surface area contributed by atoms with Gasteiger partial charge in [-0.2, -0.15) is 0 Å². The maximum atomic E-state index is 11.9. The van der Waals surface area contributed by atoms with E-state index in [2.05, 4.69) is 10.6 Å². The monoisotopic (exact) mass is 260 g/mol. The van der Waals surface area contributed by atoms with E-state index in [1.165, 1.54) is 0 Å². The summed E-state index contributed by atoms with van der Waals surface area (Å²) in [5.41, 5.74) is 1.14. The summed E-state index contributed by atoms with van der Waals surface area (Å²) >= 11 is 0. The van der Waals surface area contributed by atoms with Crippen molar-refractivity contribution in [3.8, 4) is 0 Å². The highest BCUT2D eigenvalue weighted by Gasteiger charge is 2.21. The van der Waals surface area contributed by atoms with Crippen LogP contribution in [0.4, 0.5) is 0 Å². The second-order valence-corrected chi connectivity index (χ2v) is 4.89. The molecule has 2 amide bonds. The summed E-state index contributed by atoms with van der Waals surface area (Å²) in [6, 6.07) is 9.54. The summed E-state index contributed by atoms with van der Waals surface area (Å²) in [5, 5.41) is 5.65. The van der Waals surface area contributed by atoms with Gasteiger partial charge in [0.05, 0.1) is 0 Å². The van der Waals surface area contributed by atoms with Crippen LogP contribution in [-0.4, -0.2) is 24.4 Å². The van der Waals surface area contributed by atoms with Gasteiger partial charge in [0, 0.05) is 13.0 Å². The molecule has 2 N–H and O–H groups in total. The summed E-state index contributed by atoms with van der Waals surface area (Å²) < 4.78 is 0. The van der Waals surface area contributed by atoms with Gasteiger partial charge in [0.15, 0.2) is 0 Å². The summed E-state index contributed by atoms with van der Waals surface area (Å²) in [7, 11) is 0. The van der Waals surface area contributed by atoms with Crippen LogP contribution in [0, 0.1) is 0 Å². The Morgan fingerprint density at radius 2 is 2.05 bits per heavy atom. The molecule has 1 unspecified atom stereocenters. The molecule has 4 nitrogen and oxygen atoms in total. The minimum Gasteiger partial charge on any atom is -0.354 e. The standard InChI is InChI=1S/C15H20N2O2/c18-14(10-9-12-6-2-1-3-7-12)17-13-8-4-5-11-16-15(13)19/h1-3,6-7,13H,4-5,8-11H2,(H,16,19)(H,17,18). The highest BCUT2D eigenvalue weighted by atomic mass is 16.2. The Kier molecular flexibility index (Phi) is 4.95. The number of hydrogen-bond donors (Lipinski definition) is 2. The van der Waals surface area contributed by atoms with E-state index in [9.17, 15) is 9.59 Å². The lowest BCUT2D eigenvalue weighted by Gasteiger charge is -2.15. The van der Waals surface area contributed by atoms with Gasteiger partial charge >= 0.3 is 0 Å². The first kappa shape index (κ1) is 13.6. The van der Waals surface area contributed by atoms with E-state index in [0.717, 1.165) is 31.4 Å². The zero-order valence-corrected chi connectivity index (χ0v) is 11.0. The van der Waals surface area contributed by atoms with E-state index >= 15 is 0 Å². The highest BCUT2D eigenvalue weighted by molar-refractivity contribution is 5.87. The fourth-order valence-electron chi connectivity index (χ4n) is 2.25. The molecular formula is C15H20N2O2. The molecule has 0 spiro atoms. The lowest BCUT2D eigenvalue weighted by Crippen LogP contribution is -2.45. The van der Waals surface area contributed by atoms with E-state index in [0.29, 0.717) is 12.8 Å². The first-order valence-electron chi connectivity index (χ1n) is 6.87. The van der Waals surface area contributed by atoms with Crippen molar-refractivity contribution in [2.24, 2.45) is 0 Å². The van der Waals surface area contributed by atoms with Gasteiger partial charge in [-0.3, -0.25) is 9.59 Å².